The van der Waals surface area contributed by atoms with Crippen LogP contribution in [0.15, 0.2) is 36.4 Å². The molecule has 0 aromatic heterocycles. The molecule has 19 heavy (non-hydrogen) atoms. The van der Waals surface area contributed by atoms with Gasteiger partial charge in [0.25, 0.3) is 0 Å². The van der Waals surface area contributed by atoms with E-state index in [0.29, 0.717) is 13.2 Å². The molecule has 1 heterocycles. The van der Waals surface area contributed by atoms with Crippen molar-refractivity contribution < 1.29 is 9.31 Å². The summed E-state index contributed by atoms with van der Waals surface area (Å²) in [6.45, 7) is 5.70. The summed E-state index contributed by atoms with van der Waals surface area (Å²) in [5.41, 5.74) is 7.94. The Labute approximate surface area is 113 Å². The highest BCUT2D eigenvalue weighted by molar-refractivity contribution is 6.64. The number of hydrogen-bond acceptors (Lipinski definition) is 3. The van der Waals surface area contributed by atoms with E-state index in [1.807, 2.05) is 30.3 Å². The number of nitrogen functional groups attached to an aromatic ring is 1. The quantitative estimate of drug-likeness (QED) is 0.627. The molecule has 98 valence electrons. The van der Waals surface area contributed by atoms with E-state index in [1.54, 1.807) is 0 Å². The highest BCUT2D eigenvalue weighted by Gasteiger charge is 2.34. The smallest absolute Gasteiger partial charge is 0.407 e. The van der Waals surface area contributed by atoms with Gasteiger partial charge < -0.3 is 15.0 Å². The van der Waals surface area contributed by atoms with Gasteiger partial charge in [-0.1, -0.05) is 44.2 Å². The molecule has 2 aromatic carbocycles. The lowest BCUT2D eigenvalue weighted by molar-refractivity contribution is 0.0344. The Bertz CT molecular complexity index is 602. The molecule has 0 spiro atoms. The first-order chi connectivity index (χ1) is 9.07. The molecule has 1 aliphatic rings. The fourth-order valence-electron chi connectivity index (χ4n) is 2.44. The predicted molar refractivity (Wildman–Crippen MR) is 79.4 cm³/mol. The fraction of sp³-hybridized carbons (Fsp3) is 0.333. The van der Waals surface area contributed by atoms with Crippen molar-refractivity contribution in [3.63, 3.8) is 0 Å². The van der Waals surface area contributed by atoms with Gasteiger partial charge in [0.05, 0.1) is 0 Å². The zero-order chi connectivity index (χ0) is 13.5. The minimum Gasteiger partial charge on any atom is -0.407 e. The molecule has 1 saturated heterocycles. The molecular weight excluding hydrogens is 237 g/mol. The molecule has 1 fully saturated rings. The minimum absolute atomic E-state index is 0.0834. The van der Waals surface area contributed by atoms with E-state index in [-0.39, 0.29) is 12.5 Å². The molecular formula is C15H18BNO2. The summed E-state index contributed by atoms with van der Waals surface area (Å²) in [4.78, 5) is 0. The molecule has 0 amide bonds. The maximum absolute atomic E-state index is 6.02. The van der Waals surface area contributed by atoms with Crippen LogP contribution < -0.4 is 11.2 Å². The standard InChI is InChI=1S/C15H18BNO2/c1-15(2)9-18-16(19-10-15)13-7-3-6-12-11(13)5-4-8-14(12)17/h3-8H,9-10,17H2,1-2H3. The second kappa shape index (κ2) is 4.55. The largest absolute Gasteiger partial charge is 0.494 e. The van der Waals surface area contributed by atoms with Crippen LogP contribution in [0.1, 0.15) is 13.8 Å². The third kappa shape index (κ3) is 2.34. The van der Waals surface area contributed by atoms with Gasteiger partial charge in [0.15, 0.2) is 0 Å². The van der Waals surface area contributed by atoms with Crippen LogP contribution in [-0.2, 0) is 9.31 Å². The molecule has 0 atom stereocenters. The minimum atomic E-state index is -0.293. The van der Waals surface area contributed by atoms with Gasteiger partial charge in [-0.2, -0.15) is 0 Å². The van der Waals surface area contributed by atoms with Gasteiger partial charge in [-0.05, 0) is 16.9 Å². The third-order valence-corrected chi connectivity index (χ3v) is 3.49. The molecule has 2 N–H and O–H groups in total. The maximum atomic E-state index is 6.02. The monoisotopic (exact) mass is 255 g/mol. The number of benzene rings is 2. The number of nitrogens with two attached hydrogens (primary N) is 1. The number of hydrogen-bond donors (Lipinski definition) is 1. The zero-order valence-corrected chi connectivity index (χ0v) is 11.3. The first-order valence-electron chi connectivity index (χ1n) is 6.57. The maximum Gasteiger partial charge on any atom is 0.494 e. The summed E-state index contributed by atoms with van der Waals surface area (Å²) >= 11 is 0. The Balaban J connectivity index is 2.00. The molecule has 0 aliphatic carbocycles. The highest BCUT2D eigenvalue weighted by Crippen LogP contribution is 2.24. The SMILES string of the molecule is CC1(C)COB(c2cccc3c(N)cccc23)OC1. The van der Waals surface area contributed by atoms with Crippen molar-refractivity contribution in [2.75, 3.05) is 18.9 Å². The Hall–Kier alpha value is -1.52. The topological polar surface area (TPSA) is 44.5 Å². The van der Waals surface area contributed by atoms with Crippen LogP contribution in [0.25, 0.3) is 10.8 Å². The molecule has 3 rings (SSSR count). The van der Waals surface area contributed by atoms with Gasteiger partial charge in [0.2, 0.25) is 0 Å². The Morgan fingerprint density at radius 3 is 2.37 bits per heavy atom. The molecule has 3 nitrogen and oxygen atoms in total. The van der Waals surface area contributed by atoms with Crippen molar-refractivity contribution in [2.24, 2.45) is 5.41 Å². The van der Waals surface area contributed by atoms with Crippen LogP contribution in [-0.4, -0.2) is 20.3 Å². The van der Waals surface area contributed by atoms with Gasteiger partial charge in [-0.15, -0.1) is 0 Å². The molecule has 2 aromatic rings. The Morgan fingerprint density at radius 1 is 1.00 bits per heavy atom. The summed E-state index contributed by atoms with van der Waals surface area (Å²) in [6.07, 6.45) is 0. The fourth-order valence-corrected chi connectivity index (χ4v) is 2.44. The van der Waals surface area contributed by atoms with Crippen LogP contribution in [0.4, 0.5) is 5.69 Å². The van der Waals surface area contributed by atoms with Gasteiger partial charge in [-0.3, -0.25) is 0 Å². The van der Waals surface area contributed by atoms with E-state index in [9.17, 15) is 0 Å². The van der Waals surface area contributed by atoms with E-state index in [4.69, 9.17) is 15.0 Å². The lowest BCUT2D eigenvalue weighted by Gasteiger charge is -2.33. The highest BCUT2D eigenvalue weighted by atomic mass is 16.6. The normalized spacial score (nSPS) is 18.7. The second-order valence-corrected chi connectivity index (χ2v) is 5.91. The zero-order valence-electron chi connectivity index (χ0n) is 11.3. The first kappa shape index (κ1) is 12.5. The average molecular weight is 255 g/mol. The van der Waals surface area contributed by atoms with Crippen molar-refractivity contribution >= 4 is 29.0 Å². The summed E-state index contributed by atoms with van der Waals surface area (Å²) in [5.74, 6) is 0. The lowest BCUT2D eigenvalue weighted by Crippen LogP contribution is -2.47. The van der Waals surface area contributed by atoms with Crippen LogP contribution in [0, 0.1) is 5.41 Å². The molecule has 0 bridgehead atoms. The Kier molecular flexibility index (Phi) is 2.99. The van der Waals surface area contributed by atoms with Crippen LogP contribution in [0.3, 0.4) is 0 Å². The van der Waals surface area contributed by atoms with E-state index >= 15 is 0 Å². The lowest BCUT2D eigenvalue weighted by atomic mass is 9.73. The summed E-state index contributed by atoms with van der Waals surface area (Å²) in [7, 11) is -0.293. The first-order valence-corrected chi connectivity index (χ1v) is 6.57. The van der Waals surface area contributed by atoms with Gasteiger partial charge in [-0.25, -0.2) is 0 Å². The Morgan fingerprint density at radius 2 is 1.63 bits per heavy atom. The van der Waals surface area contributed by atoms with Crippen molar-refractivity contribution in [1.29, 1.82) is 0 Å². The van der Waals surface area contributed by atoms with Gasteiger partial charge in [0.1, 0.15) is 0 Å². The molecule has 1 aliphatic heterocycles. The molecule has 0 saturated carbocycles. The van der Waals surface area contributed by atoms with E-state index in [1.165, 1.54) is 0 Å². The van der Waals surface area contributed by atoms with E-state index in [0.717, 1.165) is 21.9 Å². The van der Waals surface area contributed by atoms with Crippen LogP contribution in [0.2, 0.25) is 0 Å². The number of anilines is 1. The van der Waals surface area contributed by atoms with Crippen molar-refractivity contribution in [3.8, 4) is 0 Å². The van der Waals surface area contributed by atoms with Crippen molar-refractivity contribution in [3.05, 3.63) is 36.4 Å². The van der Waals surface area contributed by atoms with Gasteiger partial charge >= 0.3 is 7.12 Å². The summed E-state index contributed by atoms with van der Waals surface area (Å²) < 4.78 is 11.7. The van der Waals surface area contributed by atoms with Gasteiger partial charge in [0, 0.05) is 29.7 Å². The molecule has 0 radical (unpaired) electrons. The molecule has 4 heteroatoms. The number of rotatable bonds is 1. The van der Waals surface area contributed by atoms with Crippen molar-refractivity contribution in [1.82, 2.24) is 0 Å². The third-order valence-electron chi connectivity index (χ3n) is 3.49. The second-order valence-electron chi connectivity index (χ2n) is 5.91. The van der Waals surface area contributed by atoms with Crippen molar-refractivity contribution in [2.45, 2.75) is 13.8 Å². The summed E-state index contributed by atoms with van der Waals surface area (Å²) in [5, 5.41) is 2.16. The average Bonchev–Trinajstić information content (AvgIpc) is 2.39. The van der Waals surface area contributed by atoms with E-state index < -0.39 is 0 Å². The molecule has 0 unspecified atom stereocenters. The number of fused-ring (bicyclic) bond motifs is 1. The van der Waals surface area contributed by atoms with E-state index in [2.05, 4.69) is 19.9 Å². The van der Waals surface area contributed by atoms with Crippen LogP contribution >= 0.6 is 0 Å². The van der Waals surface area contributed by atoms with Crippen LogP contribution in [0.5, 0.6) is 0 Å². The predicted octanol–water partition coefficient (Wildman–Crippen LogP) is 2.19. The summed E-state index contributed by atoms with van der Waals surface area (Å²) in [6, 6.07) is 12.0.